The molecule has 3 rings (SSSR count). The number of hydrogen-bond donors (Lipinski definition) is 1. The van der Waals surface area contributed by atoms with E-state index in [4.69, 9.17) is 30.2 Å². The highest BCUT2D eigenvalue weighted by Crippen LogP contribution is 2.35. The second-order valence-corrected chi connectivity index (χ2v) is 8.48. The van der Waals surface area contributed by atoms with E-state index in [0.717, 1.165) is 11.3 Å². The van der Waals surface area contributed by atoms with Crippen molar-refractivity contribution in [1.29, 1.82) is 0 Å². The molecule has 8 nitrogen and oxygen atoms in total. The number of carbonyl (C=O) groups is 3. The molecule has 34 heavy (non-hydrogen) atoms. The summed E-state index contributed by atoms with van der Waals surface area (Å²) >= 11 is 7.02. The SMILES string of the molecule is CCCOC(=O)c1c(NC(=O)c2ccc(COc3ccccc3Cl)o2)sc(C(=O)OCC)c1C. The summed E-state index contributed by atoms with van der Waals surface area (Å²) < 4.78 is 21.5. The minimum absolute atomic E-state index is 0.00868. The summed E-state index contributed by atoms with van der Waals surface area (Å²) in [5.41, 5.74) is 0.497. The molecule has 0 fully saturated rings. The summed E-state index contributed by atoms with van der Waals surface area (Å²) in [5.74, 6) is -0.897. The molecule has 180 valence electrons. The van der Waals surface area contributed by atoms with Gasteiger partial charge in [-0.2, -0.15) is 0 Å². The van der Waals surface area contributed by atoms with Crippen LogP contribution >= 0.6 is 22.9 Å². The van der Waals surface area contributed by atoms with Crippen LogP contribution < -0.4 is 10.1 Å². The van der Waals surface area contributed by atoms with Gasteiger partial charge in [-0.15, -0.1) is 11.3 Å². The summed E-state index contributed by atoms with van der Waals surface area (Å²) in [6.45, 7) is 5.62. The fourth-order valence-corrected chi connectivity index (χ4v) is 4.23. The zero-order valence-corrected chi connectivity index (χ0v) is 20.5. The predicted molar refractivity (Wildman–Crippen MR) is 128 cm³/mol. The highest BCUT2D eigenvalue weighted by Gasteiger charge is 2.28. The van der Waals surface area contributed by atoms with Gasteiger partial charge in [0.15, 0.2) is 5.76 Å². The van der Waals surface area contributed by atoms with Gasteiger partial charge in [0.25, 0.3) is 5.91 Å². The lowest BCUT2D eigenvalue weighted by Gasteiger charge is -2.07. The van der Waals surface area contributed by atoms with Crippen molar-refractivity contribution in [2.45, 2.75) is 33.8 Å². The van der Waals surface area contributed by atoms with Crippen LogP contribution in [0.3, 0.4) is 0 Å². The molecule has 2 heterocycles. The molecule has 1 amide bonds. The van der Waals surface area contributed by atoms with E-state index in [1.165, 1.54) is 6.07 Å². The largest absolute Gasteiger partial charge is 0.484 e. The maximum atomic E-state index is 12.8. The van der Waals surface area contributed by atoms with E-state index in [1.807, 2.05) is 6.92 Å². The number of benzene rings is 1. The molecule has 1 N–H and O–H groups in total. The third kappa shape index (κ3) is 5.98. The fourth-order valence-electron chi connectivity index (χ4n) is 2.96. The van der Waals surface area contributed by atoms with Gasteiger partial charge in [-0.3, -0.25) is 4.79 Å². The Morgan fingerprint density at radius 2 is 1.82 bits per heavy atom. The topological polar surface area (TPSA) is 104 Å². The van der Waals surface area contributed by atoms with E-state index in [2.05, 4.69) is 5.32 Å². The third-order valence-electron chi connectivity index (χ3n) is 4.57. The van der Waals surface area contributed by atoms with Crippen LogP contribution in [0, 0.1) is 6.92 Å². The van der Waals surface area contributed by atoms with Crippen molar-refractivity contribution in [3.8, 4) is 5.75 Å². The molecule has 0 aliphatic rings. The number of halogens is 1. The van der Waals surface area contributed by atoms with Crippen LogP contribution in [0.1, 0.15) is 62.2 Å². The molecule has 0 saturated heterocycles. The van der Waals surface area contributed by atoms with Gasteiger partial charge in [0.1, 0.15) is 28.0 Å². The first-order valence-corrected chi connectivity index (χ1v) is 11.8. The van der Waals surface area contributed by atoms with Crippen molar-refractivity contribution in [2.24, 2.45) is 0 Å². The average Bonchev–Trinajstić information content (AvgIpc) is 3.42. The highest BCUT2D eigenvalue weighted by molar-refractivity contribution is 7.18. The molecule has 0 unspecified atom stereocenters. The molecule has 0 aliphatic heterocycles. The summed E-state index contributed by atoms with van der Waals surface area (Å²) in [5, 5.41) is 3.29. The number of ether oxygens (including phenoxy) is 3. The number of furan rings is 1. The standard InChI is InChI=1S/C24H24ClNO7S/c1-4-12-31-23(28)19-14(3)20(24(29)30-5-2)34-22(19)26-21(27)18-11-10-15(33-18)13-32-17-9-7-6-8-16(17)25/h6-11H,4-5,12-13H2,1-3H3,(H,26,27). The molecule has 0 saturated carbocycles. The van der Waals surface area contributed by atoms with Crippen LogP contribution in [0.2, 0.25) is 5.02 Å². The fraction of sp³-hybridized carbons (Fsp3) is 0.292. The van der Waals surface area contributed by atoms with Gasteiger partial charge in [0, 0.05) is 0 Å². The Labute approximate surface area is 205 Å². The zero-order chi connectivity index (χ0) is 24.7. The summed E-state index contributed by atoms with van der Waals surface area (Å²) in [6.07, 6.45) is 0.632. The maximum Gasteiger partial charge on any atom is 0.348 e. The van der Waals surface area contributed by atoms with Crippen LogP contribution in [-0.4, -0.2) is 31.1 Å². The minimum atomic E-state index is -0.630. The van der Waals surface area contributed by atoms with Crippen molar-refractivity contribution in [3.63, 3.8) is 0 Å². The van der Waals surface area contributed by atoms with Crippen LogP contribution in [-0.2, 0) is 16.1 Å². The van der Waals surface area contributed by atoms with E-state index in [1.54, 1.807) is 44.2 Å². The van der Waals surface area contributed by atoms with Crippen LogP contribution in [0.4, 0.5) is 5.00 Å². The average molecular weight is 506 g/mol. The van der Waals surface area contributed by atoms with Crippen LogP contribution in [0.15, 0.2) is 40.8 Å². The smallest absolute Gasteiger partial charge is 0.348 e. The van der Waals surface area contributed by atoms with E-state index in [0.29, 0.717) is 28.5 Å². The van der Waals surface area contributed by atoms with E-state index < -0.39 is 17.8 Å². The number of thiophene rings is 1. The highest BCUT2D eigenvalue weighted by atomic mass is 35.5. The molecule has 0 atom stereocenters. The normalized spacial score (nSPS) is 10.6. The molecular weight excluding hydrogens is 482 g/mol. The number of carbonyl (C=O) groups excluding carboxylic acids is 3. The Balaban J connectivity index is 1.78. The lowest BCUT2D eigenvalue weighted by atomic mass is 10.1. The summed E-state index contributed by atoms with van der Waals surface area (Å²) in [4.78, 5) is 38.0. The van der Waals surface area contributed by atoms with Crippen LogP contribution in [0.5, 0.6) is 5.75 Å². The van der Waals surface area contributed by atoms with Gasteiger partial charge in [0.05, 0.1) is 23.8 Å². The lowest BCUT2D eigenvalue weighted by Crippen LogP contribution is -2.14. The summed E-state index contributed by atoms with van der Waals surface area (Å²) in [6, 6.07) is 10.1. The number of amides is 1. The molecule has 0 radical (unpaired) electrons. The molecule has 0 aliphatic carbocycles. The number of esters is 2. The monoisotopic (exact) mass is 505 g/mol. The van der Waals surface area contributed by atoms with E-state index in [9.17, 15) is 14.4 Å². The number of anilines is 1. The van der Waals surface area contributed by atoms with Crippen LogP contribution in [0.25, 0.3) is 0 Å². The molecule has 1 aromatic carbocycles. The first kappa shape index (κ1) is 25.3. The Morgan fingerprint density at radius 1 is 1.06 bits per heavy atom. The molecule has 0 bridgehead atoms. The summed E-state index contributed by atoms with van der Waals surface area (Å²) in [7, 11) is 0. The number of hydrogen-bond acceptors (Lipinski definition) is 8. The number of para-hydroxylation sites is 1. The second-order valence-electron chi connectivity index (χ2n) is 7.06. The van der Waals surface area contributed by atoms with Gasteiger partial charge in [-0.1, -0.05) is 30.7 Å². The molecule has 2 aromatic heterocycles. The maximum absolute atomic E-state index is 12.8. The van der Waals surface area contributed by atoms with Gasteiger partial charge in [0.2, 0.25) is 0 Å². The van der Waals surface area contributed by atoms with Gasteiger partial charge in [-0.05, 0) is 50.1 Å². The number of nitrogens with one attached hydrogen (secondary N) is 1. The molecule has 3 aromatic rings. The van der Waals surface area contributed by atoms with Crippen molar-refractivity contribution in [1.82, 2.24) is 0 Å². The van der Waals surface area contributed by atoms with Crippen molar-refractivity contribution < 1.29 is 33.0 Å². The minimum Gasteiger partial charge on any atom is -0.484 e. The Bertz CT molecular complexity index is 1180. The molecular formula is C24H24ClNO7S. The molecule has 10 heteroatoms. The third-order valence-corrected chi connectivity index (χ3v) is 6.07. The van der Waals surface area contributed by atoms with Gasteiger partial charge < -0.3 is 23.9 Å². The Kier molecular flexibility index (Phi) is 8.72. The van der Waals surface area contributed by atoms with Crippen molar-refractivity contribution >= 4 is 45.8 Å². The predicted octanol–water partition coefficient (Wildman–Crippen LogP) is 5.88. The lowest BCUT2D eigenvalue weighted by molar-refractivity contribution is 0.0506. The van der Waals surface area contributed by atoms with E-state index in [-0.39, 0.29) is 41.0 Å². The zero-order valence-electron chi connectivity index (χ0n) is 18.9. The molecule has 0 spiro atoms. The van der Waals surface area contributed by atoms with Gasteiger partial charge in [-0.25, -0.2) is 9.59 Å². The Hall–Kier alpha value is -3.30. The Morgan fingerprint density at radius 3 is 2.53 bits per heavy atom. The van der Waals surface area contributed by atoms with E-state index >= 15 is 0 Å². The van der Waals surface area contributed by atoms with Gasteiger partial charge >= 0.3 is 11.9 Å². The first-order chi connectivity index (χ1) is 16.3. The van der Waals surface area contributed by atoms with Crippen molar-refractivity contribution in [3.05, 3.63) is 68.9 Å². The second kappa shape index (κ2) is 11.7. The number of rotatable bonds is 10. The first-order valence-electron chi connectivity index (χ1n) is 10.6. The van der Waals surface area contributed by atoms with Crippen molar-refractivity contribution in [2.75, 3.05) is 18.5 Å². The quantitative estimate of drug-likeness (QED) is 0.343.